The van der Waals surface area contributed by atoms with E-state index in [2.05, 4.69) is 10.3 Å². The summed E-state index contributed by atoms with van der Waals surface area (Å²) in [5, 5.41) is 3.33. The Bertz CT molecular complexity index is 1360. The van der Waals surface area contributed by atoms with Crippen molar-refractivity contribution in [3.05, 3.63) is 97.3 Å². The number of aromatic nitrogens is 3. The van der Waals surface area contributed by atoms with E-state index in [0.717, 1.165) is 15.7 Å². The van der Waals surface area contributed by atoms with Gasteiger partial charge in [0.2, 0.25) is 0 Å². The number of nitrogens with one attached hydrogen (secondary N) is 2. The SMILES string of the molecule is Cc1ccc(CNC(=O)c2cn(C)c3c(=O)n(-c4ccc(Cl)cc4)c(=O)[nH]c23)cc1. The molecule has 7 nitrogen and oxygen atoms in total. The predicted octanol–water partition coefficient (Wildman–Crippen LogP) is 2.91. The lowest BCUT2D eigenvalue weighted by Gasteiger charge is -2.07. The van der Waals surface area contributed by atoms with Crippen LogP contribution >= 0.6 is 11.6 Å². The minimum Gasteiger partial charge on any atom is -0.348 e. The van der Waals surface area contributed by atoms with E-state index in [1.165, 1.54) is 0 Å². The summed E-state index contributed by atoms with van der Waals surface area (Å²) in [6.07, 6.45) is 1.54. The number of nitrogens with zero attached hydrogens (tertiary/aromatic N) is 2. The Labute approximate surface area is 176 Å². The molecular weight excluding hydrogens is 404 g/mol. The van der Waals surface area contributed by atoms with Crippen molar-refractivity contribution < 1.29 is 4.79 Å². The van der Waals surface area contributed by atoms with Crippen LogP contribution in [0.15, 0.2) is 64.3 Å². The van der Waals surface area contributed by atoms with Crippen molar-refractivity contribution in [3.8, 4) is 5.69 Å². The Morgan fingerprint density at radius 3 is 2.40 bits per heavy atom. The maximum atomic E-state index is 13.1. The summed E-state index contributed by atoms with van der Waals surface area (Å²) >= 11 is 5.90. The van der Waals surface area contributed by atoms with Crippen molar-refractivity contribution >= 4 is 28.5 Å². The van der Waals surface area contributed by atoms with Gasteiger partial charge in [-0.2, -0.15) is 0 Å². The van der Waals surface area contributed by atoms with Crippen LogP contribution < -0.4 is 16.6 Å². The number of rotatable bonds is 4. The highest BCUT2D eigenvalue weighted by Crippen LogP contribution is 2.16. The zero-order valence-electron chi connectivity index (χ0n) is 16.4. The van der Waals surface area contributed by atoms with Crippen LogP contribution in [0.5, 0.6) is 0 Å². The zero-order valence-corrected chi connectivity index (χ0v) is 17.2. The molecule has 0 aliphatic heterocycles. The van der Waals surface area contributed by atoms with Gasteiger partial charge in [-0.15, -0.1) is 0 Å². The molecule has 8 heteroatoms. The molecule has 4 rings (SSSR count). The Morgan fingerprint density at radius 2 is 1.73 bits per heavy atom. The van der Waals surface area contributed by atoms with Gasteiger partial charge >= 0.3 is 5.69 Å². The van der Waals surface area contributed by atoms with Crippen LogP contribution in [0.2, 0.25) is 5.02 Å². The Balaban J connectivity index is 1.73. The summed E-state index contributed by atoms with van der Waals surface area (Å²) in [5.74, 6) is -0.375. The molecule has 0 radical (unpaired) electrons. The minimum atomic E-state index is -0.631. The maximum absolute atomic E-state index is 13.1. The van der Waals surface area contributed by atoms with E-state index < -0.39 is 11.2 Å². The quantitative estimate of drug-likeness (QED) is 0.530. The van der Waals surface area contributed by atoms with Crippen LogP contribution in [0.25, 0.3) is 16.7 Å². The molecule has 2 heterocycles. The minimum absolute atomic E-state index is 0.208. The Hall–Kier alpha value is -3.58. The van der Waals surface area contributed by atoms with Gasteiger partial charge in [-0.05, 0) is 36.8 Å². The summed E-state index contributed by atoms with van der Waals surface area (Å²) in [6.45, 7) is 2.33. The molecule has 0 unspecified atom stereocenters. The molecule has 0 aliphatic rings. The largest absolute Gasteiger partial charge is 0.348 e. The first-order valence-corrected chi connectivity index (χ1v) is 9.67. The van der Waals surface area contributed by atoms with Crippen LogP contribution in [-0.4, -0.2) is 20.0 Å². The summed E-state index contributed by atoms with van der Waals surface area (Å²) in [4.78, 5) is 41.2. The highest BCUT2D eigenvalue weighted by Gasteiger charge is 2.20. The van der Waals surface area contributed by atoms with E-state index in [-0.39, 0.29) is 22.5 Å². The second-order valence-corrected chi connectivity index (χ2v) is 7.53. The van der Waals surface area contributed by atoms with Gasteiger partial charge in [0.05, 0.1) is 16.8 Å². The molecular formula is C22H19ClN4O3. The third kappa shape index (κ3) is 3.55. The molecule has 0 aliphatic carbocycles. The number of hydrogen-bond donors (Lipinski definition) is 2. The molecule has 1 amide bonds. The molecule has 2 aromatic heterocycles. The fraction of sp³-hybridized carbons (Fsp3) is 0.136. The predicted molar refractivity (Wildman–Crippen MR) is 116 cm³/mol. The highest BCUT2D eigenvalue weighted by atomic mass is 35.5. The Kier molecular flexibility index (Phi) is 5.05. The van der Waals surface area contributed by atoms with Gasteiger partial charge < -0.3 is 14.9 Å². The van der Waals surface area contributed by atoms with E-state index in [1.807, 2.05) is 31.2 Å². The summed E-state index contributed by atoms with van der Waals surface area (Å²) < 4.78 is 2.56. The van der Waals surface area contributed by atoms with Crippen molar-refractivity contribution in [3.63, 3.8) is 0 Å². The van der Waals surface area contributed by atoms with E-state index >= 15 is 0 Å². The van der Waals surface area contributed by atoms with Crippen molar-refractivity contribution in [1.29, 1.82) is 0 Å². The number of benzene rings is 2. The van der Waals surface area contributed by atoms with Gasteiger partial charge in [0.25, 0.3) is 11.5 Å². The first-order valence-electron chi connectivity index (χ1n) is 9.29. The number of carbonyl (C=O) groups is 1. The van der Waals surface area contributed by atoms with E-state index in [9.17, 15) is 14.4 Å². The molecule has 2 N–H and O–H groups in total. The van der Waals surface area contributed by atoms with Crippen LogP contribution in [0, 0.1) is 6.92 Å². The summed E-state index contributed by atoms with van der Waals surface area (Å²) in [6, 6.07) is 14.2. The van der Waals surface area contributed by atoms with Gasteiger partial charge in [-0.25, -0.2) is 9.36 Å². The molecule has 0 spiro atoms. The van der Waals surface area contributed by atoms with Crippen molar-refractivity contribution in [1.82, 2.24) is 19.4 Å². The number of amides is 1. The number of hydrogen-bond acceptors (Lipinski definition) is 3. The van der Waals surface area contributed by atoms with E-state index in [1.54, 1.807) is 42.1 Å². The Morgan fingerprint density at radius 1 is 1.07 bits per heavy atom. The van der Waals surface area contributed by atoms with Crippen LogP contribution in [0.3, 0.4) is 0 Å². The van der Waals surface area contributed by atoms with Gasteiger partial charge in [-0.3, -0.25) is 9.59 Å². The fourth-order valence-corrected chi connectivity index (χ4v) is 3.48. The number of fused-ring (bicyclic) bond motifs is 1. The van der Waals surface area contributed by atoms with Crippen LogP contribution in [-0.2, 0) is 13.6 Å². The van der Waals surface area contributed by atoms with Gasteiger partial charge in [0.1, 0.15) is 5.52 Å². The highest BCUT2D eigenvalue weighted by molar-refractivity contribution is 6.30. The van der Waals surface area contributed by atoms with Gasteiger partial charge in [0.15, 0.2) is 0 Å². The number of H-pyrrole nitrogens is 1. The third-order valence-corrected chi connectivity index (χ3v) is 5.18. The normalized spacial score (nSPS) is 11.0. The molecule has 0 saturated carbocycles. The monoisotopic (exact) mass is 422 g/mol. The van der Waals surface area contributed by atoms with Crippen LogP contribution in [0.1, 0.15) is 21.5 Å². The first-order chi connectivity index (χ1) is 14.3. The molecule has 2 aromatic carbocycles. The second-order valence-electron chi connectivity index (χ2n) is 7.09. The molecule has 30 heavy (non-hydrogen) atoms. The van der Waals surface area contributed by atoms with Gasteiger partial charge in [0, 0.05) is 24.8 Å². The van der Waals surface area contributed by atoms with Crippen molar-refractivity contribution in [2.45, 2.75) is 13.5 Å². The molecule has 152 valence electrons. The number of aromatic amines is 1. The summed E-state index contributed by atoms with van der Waals surface area (Å²) in [5.41, 5.74) is 1.99. The molecule has 0 fully saturated rings. The zero-order chi connectivity index (χ0) is 21.4. The smallest absolute Gasteiger partial charge is 0.333 e. The van der Waals surface area contributed by atoms with E-state index in [0.29, 0.717) is 17.3 Å². The molecule has 0 bridgehead atoms. The number of halogens is 1. The standard InChI is InChI=1S/C22H19ClN4O3/c1-13-3-5-14(6-4-13)11-24-20(28)17-12-26(2)19-18(17)25-22(30)27(21(19)29)16-9-7-15(23)8-10-16/h3-10,12H,11H2,1-2H3,(H,24,28)(H,25,30). The van der Waals surface area contributed by atoms with E-state index in [4.69, 9.17) is 11.6 Å². The topological polar surface area (TPSA) is 88.9 Å². The molecule has 0 atom stereocenters. The van der Waals surface area contributed by atoms with Gasteiger partial charge in [-0.1, -0.05) is 41.4 Å². The lowest BCUT2D eigenvalue weighted by molar-refractivity contribution is 0.0952. The van der Waals surface area contributed by atoms with Crippen molar-refractivity contribution in [2.75, 3.05) is 0 Å². The average molecular weight is 423 g/mol. The second kappa shape index (κ2) is 7.68. The lowest BCUT2D eigenvalue weighted by Crippen LogP contribution is -2.34. The number of carbonyl (C=O) groups excluding carboxylic acids is 1. The molecule has 0 saturated heterocycles. The fourth-order valence-electron chi connectivity index (χ4n) is 3.35. The lowest BCUT2D eigenvalue weighted by atomic mass is 10.1. The molecule has 4 aromatic rings. The van der Waals surface area contributed by atoms with Crippen molar-refractivity contribution in [2.24, 2.45) is 7.05 Å². The van der Waals surface area contributed by atoms with Crippen LogP contribution in [0.4, 0.5) is 0 Å². The third-order valence-electron chi connectivity index (χ3n) is 4.93. The summed E-state index contributed by atoms with van der Waals surface area (Å²) in [7, 11) is 1.66. The first kappa shape index (κ1) is 19.7. The maximum Gasteiger partial charge on any atom is 0.333 e. The average Bonchev–Trinajstić information content (AvgIpc) is 3.05. The number of aryl methyl sites for hydroxylation is 2.